The predicted molar refractivity (Wildman–Crippen MR) is 119 cm³/mol. The van der Waals surface area contributed by atoms with E-state index in [0.717, 1.165) is 43.9 Å². The highest BCUT2D eigenvalue weighted by Gasteiger charge is 2.48. The molecule has 2 fully saturated rings. The third kappa shape index (κ3) is 4.39. The molecule has 2 aliphatic rings. The van der Waals surface area contributed by atoms with Crippen molar-refractivity contribution in [1.82, 2.24) is 9.21 Å². The average Bonchev–Trinajstić information content (AvgIpc) is 3.00. The van der Waals surface area contributed by atoms with Gasteiger partial charge in [-0.05, 0) is 69.6 Å². The maximum atomic E-state index is 13.9. The van der Waals surface area contributed by atoms with Crippen molar-refractivity contribution in [1.29, 1.82) is 0 Å². The summed E-state index contributed by atoms with van der Waals surface area (Å²) in [6, 6.07) is 15.9. The second kappa shape index (κ2) is 8.54. The van der Waals surface area contributed by atoms with Gasteiger partial charge in [-0.1, -0.05) is 18.2 Å². The third-order valence-electron chi connectivity index (χ3n) is 5.97. The summed E-state index contributed by atoms with van der Waals surface area (Å²) >= 11 is 1.71. The van der Waals surface area contributed by atoms with Crippen molar-refractivity contribution in [3.63, 3.8) is 0 Å². The van der Waals surface area contributed by atoms with Gasteiger partial charge >= 0.3 is 0 Å². The number of halogens is 1. The monoisotopic (exact) mass is 415 g/mol. The van der Waals surface area contributed by atoms with Gasteiger partial charge in [-0.3, -0.25) is 9.21 Å². The molecular weight excluding hydrogens is 385 g/mol. The van der Waals surface area contributed by atoms with E-state index in [-0.39, 0.29) is 11.4 Å². The Hall–Kier alpha value is -1.76. The molecule has 0 N–H and O–H groups in total. The lowest BCUT2D eigenvalue weighted by Gasteiger charge is -2.47. The van der Waals surface area contributed by atoms with Crippen molar-refractivity contribution in [2.45, 2.75) is 44.8 Å². The van der Waals surface area contributed by atoms with Crippen molar-refractivity contribution in [3.8, 4) is 5.75 Å². The van der Waals surface area contributed by atoms with Gasteiger partial charge in [-0.25, -0.2) is 8.70 Å². The smallest absolute Gasteiger partial charge is 0.125 e. The van der Waals surface area contributed by atoms with Crippen LogP contribution in [0.4, 0.5) is 10.1 Å². The first-order valence-electron chi connectivity index (χ1n) is 10.4. The number of anilines is 1. The number of likely N-dealkylation sites (N-methyl/N-ethyl adjacent to an activating group) is 1. The molecule has 0 aliphatic carbocycles. The summed E-state index contributed by atoms with van der Waals surface area (Å²) in [5.74, 6) is 0.768. The largest absolute Gasteiger partial charge is 0.494 e. The number of likely N-dealkylation sites (tertiary alicyclic amines) is 1. The number of benzene rings is 2. The summed E-state index contributed by atoms with van der Waals surface area (Å²) < 4.78 is 24.2. The maximum absolute atomic E-state index is 13.9. The molecular formula is C23H30FN3OS. The highest BCUT2D eigenvalue weighted by atomic mass is 32.2. The van der Waals surface area contributed by atoms with Gasteiger partial charge < -0.3 is 4.74 Å². The Morgan fingerprint density at radius 2 is 2.03 bits per heavy atom. The summed E-state index contributed by atoms with van der Waals surface area (Å²) in [6.07, 6.45) is 2.13. The van der Waals surface area contributed by atoms with Gasteiger partial charge in [0.25, 0.3) is 0 Å². The summed E-state index contributed by atoms with van der Waals surface area (Å²) in [6.45, 7) is 7.97. The van der Waals surface area contributed by atoms with E-state index in [2.05, 4.69) is 45.7 Å². The van der Waals surface area contributed by atoms with Crippen molar-refractivity contribution >= 4 is 17.8 Å². The Morgan fingerprint density at radius 1 is 1.21 bits per heavy atom. The first-order valence-corrected chi connectivity index (χ1v) is 11.1. The minimum absolute atomic E-state index is 0.0380. The Kier molecular flexibility index (Phi) is 6.04. The topological polar surface area (TPSA) is 19.0 Å². The molecule has 6 heteroatoms. The van der Waals surface area contributed by atoms with Crippen LogP contribution in [0.2, 0.25) is 0 Å². The van der Waals surface area contributed by atoms with Crippen molar-refractivity contribution < 1.29 is 9.13 Å². The molecule has 0 saturated carbocycles. The predicted octanol–water partition coefficient (Wildman–Crippen LogP) is 4.96. The first kappa shape index (κ1) is 20.5. The lowest BCUT2D eigenvalue weighted by molar-refractivity contribution is 0.100. The number of ether oxygens (including phenoxy) is 1. The second-order valence-corrected chi connectivity index (χ2v) is 9.37. The van der Waals surface area contributed by atoms with Crippen LogP contribution >= 0.6 is 12.1 Å². The summed E-state index contributed by atoms with van der Waals surface area (Å²) in [5, 5.41) is 0. The average molecular weight is 416 g/mol. The van der Waals surface area contributed by atoms with Crippen LogP contribution < -0.4 is 9.04 Å². The van der Waals surface area contributed by atoms with Crippen molar-refractivity contribution in [2.24, 2.45) is 0 Å². The zero-order valence-corrected chi connectivity index (χ0v) is 18.3. The van der Waals surface area contributed by atoms with Gasteiger partial charge in [0, 0.05) is 37.8 Å². The minimum atomic E-state index is -0.174. The van der Waals surface area contributed by atoms with E-state index in [9.17, 15) is 4.39 Å². The molecule has 2 heterocycles. The van der Waals surface area contributed by atoms with Gasteiger partial charge in [-0.2, -0.15) is 0 Å². The normalized spacial score (nSPS) is 25.7. The Bertz CT molecular complexity index is 850. The van der Waals surface area contributed by atoms with Gasteiger partial charge in [-0.15, -0.1) is 0 Å². The zero-order chi connectivity index (χ0) is 20.4. The standard InChI is InChI=1S/C23H30FN3OS/c1-4-28-22-10-5-7-19(13-22)16-26-12-11-23(15-18(26)2)17-25(3)29-27(23)21-9-6-8-20(24)14-21/h5-10,13-14,18H,4,11-12,15-17H2,1-3H3/t18-,23+/m0/s1. The van der Waals surface area contributed by atoms with Crippen LogP contribution in [-0.4, -0.2) is 47.5 Å². The molecule has 4 rings (SSSR count). The van der Waals surface area contributed by atoms with E-state index in [4.69, 9.17) is 4.74 Å². The van der Waals surface area contributed by atoms with Crippen molar-refractivity contribution in [2.75, 3.05) is 31.0 Å². The zero-order valence-electron chi connectivity index (χ0n) is 17.5. The fourth-order valence-electron chi connectivity index (χ4n) is 4.71. The molecule has 2 aromatic rings. The van der Waals surface area contributed by atoms with Crippen LogP contribution in [0.1, 0.15) is 32.3 Å². The molecule has 0 bridgehead atoms. The molecule has 29 heavy (non-hydrogen) atoms. The molecule has 1 spiro atoms. The molecule has 2 saturated heterocycles. The first-order chi connectivity index (χ1) is 14.0. The van der Waals surface area contributed by atoms with E-state index >= 15 is 0 Å². The summed E-state index contributed by atoms with van der Waals surface area (Å²) in [4.78, 5) is 2.56. The lowest BCUT2D eigenvalue weighted by atomic mass is 9.82. The highest BCUT2D eigenvalue weighted by Crippen LogP contribution is 2.46. The summed E-state index contributed by atoms with van der Waals surface area (Å²) in [7, 11) is 2.13. The number of hydrogen-bond donors (Lipinski definition) is 0. The molecule has 0 aromatic heterocycles. The molecule has 0 radical (unpaired) electrons. The van der Waals surface area contributed by atoms with Crippen LogP contribution in [0.5, 0.6) is 5.75 Å². The fraction of sp³-hybridized carbons (Fsp3) is 0.478. The Labute approximate surface area is 177 Å². The van der Waals surface area contributed by atoms with Gasteiger partial charge in [0.2, 0.25) is 0 Å². The van der Waals surface area contributed by atoms with Gasteiger partial charge in [0.05, 0.1) is 17.8 Å². The highest BCUT2D eigenvalue weighted by molar-refractivity contribution is 7.98. The van der Waals surface area contributed by atoms with Crippen molar-refractivity contribution in [3.05, 3.63) is 59.9 Å². The third-order valence-corrected chi connectivity index (χ3v) is 7.14. The van der Waals surface area contributed by atoms with E-state index in [1.165, 1.54) is 11.6 Å². The number of piperidine rings is 1. The maximum Gasteiger partial charge on any atom is 0.125 e. The van der Waals surface area contributed by atoms with Crippen LogP contribution in [-0.2, 0) is 6.54 Å². The molecule has 2 aromatic carbocycles. The minimum Gasteiger partial charge on any atom is -0.494 e. The van der Waals surface area contributed by atoms with Crippen LogP contribution in [0.25, 0.3) is 0 Å². The number of rotatable bonds is 5. The van der Waals surface area contributed by atoms with Crippen LogP contribution in [0.15, 0.2) is 48.5 Å². The van der Waals surface area contributed by atoms with Crippen LogP contribution in [0.3, 0.4) is 0 Å². The number of hydrogen-bond acceptors (Lipinski definition) is 5. The van der Waals surface area contributed by atoms with Gasteiger partial charge in [0.1, 0.15) is 11.6 Å². The molecule has 2 atom stereocenters. The molecule has 0 amide bonds. The fourth-order valence-corrected chi connectivity index (χ4v) is 5.89. The second-order valence-electron chi connectivity index (χ2n) is 8.22. The Balaban J connectivity index is 1.49. The SMILES string of the molecule is CCOc1cccc(CN2CC[C@@]3(C[C@@H]2C)CN(C)SN3c2cccc(F)c2)c1. The molecule has 156 valence electrons. The quantitative estimate of drug-likeness (QED) is 0.641. The van der Waals surface area contributed by atoms with E-state index in [1.807, 2.05) is 19.1 Å². The molecule has 2 aliphatic heterocycles. The van der Waals surface area contributed by atoms with Gasteiger partial charge in [0.15, 0.2) is 0 Å². The van der Waals surface area contributed by atoms with E-state index < -0.39 is 0 Å². The molecule has 4 nitrogen and oxygen atoms in total. The van der Waals surface area contributed by atoms with E-state index in [1.54, 1.807) is 24.3 Å². The Morgan fingerprint density at radius 3 is 2.79 bits per heavy atom. The number of nitrogens with zero attached hydrogens (tertiary/aromatic N) is 3. The molecule has 0 unspecified atom stereocenters. The summed E-state index contributed by atoms with van der Waals surface area (Å²) in [5.41, 5.74) is 2.29. The van der Waals surface area contributed by atoms with E-state index in [0.29, 0.717) is 12.6 Å². The lowest BCUT2D eigenvalue weighted by Crippen LogP contribution is -2.56. The van der Waals surface area contributed by atoms with Crippen LogP contribution in [0, 0.1) is 5.82 Å².